The van der Waals surface area contributed by atoms with Gasteiger partial charge in [-0.1, -0.05) is 13.0 Å². The van der Waals surface area contributed by atoms with Gasteiger partial charge in [0.25, 0.3) is 0 Å². The molecule has 0 aromatic carbocycles. The van der Waals surface area contributed by atoms with Crippen LogP contribution in [0.25, 0.3) is 0 Å². The lowest BCUT2D eigenvalue weighted by molar-refractivity contribution is -0.116. The number of pyridine rings is 1. The van der Waals surface area contributed by atoms with Crippen molar-refractivity contribution in [1.82, 2.24) is 15.2 Å². The van der Waals surface area contributed by atoms with E-state index >= 15 is 0 Å². The number of anilines is 1. The van der Waals surface area contributed by atoms with E-state index in [0.717, 1.165) is 17.5 Å². The summed E-state index contributed by atoms with van der Waals surface area (Å²) < 4.78 is 0. The van der Waals surface area contributed by atoms with E-state index in [4.69, 9.17) is 0 Å². The van der Waals surface area contributed by atoms with Crippen molar-refractivity contribution >= 4 is 11.7 Å². The largest absolute Gasteiger partial charge is 0.311 e. The maximum atomic E-state index is 11.8. The van der Waals surface area contributed by atoms with Gasteiger partial charge in [0.15, 0.2) is 0 Å². The highest BCUT2D eigenvalue weighted by atomic mass is 16.1. The van der Waals surface area contributed by atoms with E-state index in [0.29, 0.717) is 18.7 Å². The Morgan fingerprint density at radius 2 is 2.33 bits per heavy atom. The molecule has 2 aromatic rings. The van der Waals surface area contributed by atoms with Gasteiger partial charge in [-0.3, -0.25) is 14.9 Å². The summed E-state index contributed by atoms with van der Waals surface area (Å²) in [6.45, 7) is 2.02. The molecule has 0 bridgehead atoms. The van der Waals surface area contributed by atoms with Crippen molar-refractivity contribution in [2.45, 2.75) is 26.2 Å². The number of carbonyl (C=O) groups excluding carboxylic acids is 1. The lowest BCUT2D eigenvalue weighted by atomic mass is 10.1. The molecule has 2 aromatic heterocycles. The maximum absolute atomic E-state index is 11.8. The highest BCUT2D eigenvalue weighted by Gasteiger charge is 2.07. The van der Waals surface area contributed by atoms with Gasteiger partial charge in [0.1, 0.15) is 5.82 Å². The van der Waals surface area contributed by atoms with Crippen molar-refractivity contribution in [2.24, 2.45) is 0 Å². The summed E-state index contributed by atoms with van der Waals surface area (Å²) in [6.07, 6.45) is 7.21. The molecular weight excluding hydrogens is 228 g/mol. The molecule has 0 saturated carbocycles. The van der Waals surface area contributed by atoms with Gasteiger partial charge in [0.05, 0.1) is 6.20 Å². The minimum atomic E-state index is -0.0159. The Morgan fingerprint density at radius 1 is 1.44 bits per heavy atom. The lowest BCUT2D eigenvalue weighted by Gasteiger charge is -2.04. The third-order valence-electron chi connectivity index (χ3n) is 2.73. The molecule has 94 valence electrons. The molecule has 0 unspecified atom stereocenters. The predicted octanol–water partition coefficient (Wildman–Crippen LogP) is 1.94. The van der Waals surface area contributed by atoms with Gasteiger partial charge in [-0.25, -0.2) is 0 Å². The first kappa shape index (κ1) is 12.3. The fourth-order valence-corrected chi connectivity index (χ4v) is 1.69. The van der Waals surface area contributed by atoms with E-state index in [9.17, 15) is 4.79 Å². The summed E-state index contributed by atoms with van der Waals surface area (Å²) in [6, 6.07) is 3.84. The zero-order chi connectivity index (χ0) is 12.8. The molecule has 0 aliphatic rings. The summed E-state index contributed by atoms with van der Waals surface area (Å²) >= 11 is 0. The minimum Gasteiger partial charge on any atom is -0.311 e. The molecule has 0 aliphatic heterocycles. The number of aryl methyl sites for hydroxylation is 2. The van der Waals surface area contributed by atoms with Gasteiger partial charge in [-0.15, -0.1) is 0 Å². The van der Waals surface area contributed by atoms with E-state index < -0.39 is 0 Å². The van der Waals surface area contributed by atoms with Crippen LogP contribution in [0.1, 0.15) is 24.5 Å². The van der Waals surface area contributed by atoms with Gasteiger partial charge in [-0.2, -0.15) is 5.10 Å². The number of nitrogens with zero attached hydrogens (tertiary/aromatic N) is 2. The van der Waals surface area contributed by atoms with Gasteiger partial charge in [0.2, 0.25) is 5.91 Å². The molecule has 0 aliphatic carbocycles. The topological polar surface area (TPSA) is 70.7 Å². The first-order valence-electron chi connectivity index (χ1n) is 6.00. The molecule has 5 nitrogen and oxygen atoms in total. The second-order valence-corrected chi connectivity index (χ2v) is 4.03. The number of hydrogen-bond acceptors (Lipinski definition) is 3. The standard InChI is InChI=1S/C13H16N4O/c1-2-11-9-15-17-13(11)16-12(18)6-5-10-4-3-7-14-8-10/h3-4,7-9H,2,5-6H2,1H3,(H2,15,16,17,18). The maximum Gasteiger partial charge on any atom is 0.225 e. The summed E-state index contributed by atoms with van der Waals surface area (Å²) in [4.78, 5) is 15.8. The van der Waals surface area contributed by atoms with E-state index in [2.05, 4.69) is 20.5 Å². The molecule has 0 spiro atoms. The Labute approximate surface area is 106 Å². The van der Waals surface area contributed by atoms with Crippen LogP contribution < -0.4 is 5.32 Å². The van der Waals surface area contributed by atoms with Crippen LogP contribution in [-0.4, -0.2) is 21.1 Å². The number of hydrogen-bond donors (Lipinski definition) is 2. The number of rotatable bonds is 5. The van der Waals surface area contributed by atoms with Crippen molar-refractivity contribution in [2.75, 3.05) is 5.32 Å². The zero-order valence-corrected chi connectivity index (χ0v) is 10.3. The summed E-state index contributed by atoms with van der Waals surface area (Å²) in [7, 11) is 0. The van der Waals surface area contributed by atoms with Crippen molar-refractivity contribution in [3.05, 3.63) is 41.9 Å². The van der Waals surface area contributed by atoms with Crippen LogP contribution in [-0.2, 0) is 17.6 Å². The lowest BCUT2D eigenvalue weighted by Crippen LogP contribution is -2.13. The average molecular weight is 244 g/mol. The Kier molecular flexibility index (Phi) is 4.06. The fraction of sp³-hybridized carbons (Fsp3) is 0.308. The molecule has 0 radical (unpaired) electrons. The molecular formula is C13H16N4O. The summed E-state index contributed by atoms with van der Waals surface area (Å²) in [5, 5.41) is 9.54. The average Bonchev–Trinajstić information content (AvgIpc) is 2.85. The Hall–Kier alpha value is -2.17. The molecule has 18 heavy (non-hydrogen) atoms. The first-order valence-corrected chi connectivity index (χ1v) is 6.00. The smallest absolute Gasteiger partial charge is 0.225 e. The second-order valence-electron chi connectivity index (χ2n) is 4.03. The van der Waals surface area contributed by atoms with Crippen LogP contribution in [0.3, 0.4) is 0 Å². The summed E-state index contributed by atoms with van der Waals surface area (Å²) in [5.74, 6) is 0.687. The predicted molar refractivity (Wildman–Crippen MR) is 69.2 cm³/mol. The van der Waals surface area contributed by atoms with Crippen molar-refractivity contribution < 1.29 is 4.79 Å². The van der Waals surface area contributed by atoms with E-state index in [1.807, 2.05) is 19.1 Å². The van der Waals surface area contributed by atoms with Crippen LogP contribution in [0.5, 0.6) is 0 Å². The molecule has 2 heterocycles. The van der Waals surface area contributed by atoms with E-state index in [1.165, 1.54) is 0 Å². The van der Waals surface area contributed by atoms with E-state index in [1.54, 1.807) is 18.6 Å². The molecule has 2 N–H and O–H groups in total. The first-order chi connectivity index (χ1) is 8.79. The number of H-pyrrole nitrogens is 1. The SMILES string of the molecule is CCc1cn[nH]c1NC(=O)CCc1cccnc1. The molecule has 2 rings (SSSR count). The Bertz CT molecular complexity index is 507. The Balaban J connectivity index is 1.86. The monoisotopic (exact) mass is 244 g/mol. The van der Waals surface area contributed by atoms with Gasteiger partial charge in [-0.05, 0) is 24.5 Å². The van der Waals surface area contributed by atoms with Crippen LogP contribution in [0.4, 0.5) is 5.82 Å². The number of amides is 1. The zero-order valence-electron chi connectivity index (χ0n) is 10.3. The molecule has 0 saturated heterocycles. The highest BCUT2D eigenvalue weighted by Crippen LogP contribution is 2.12. The van der Waals surface area contributed by atoms with E-state index in [-0.39, 0.29) is 5.91 Å². The van der Waals surface area contributed by atoms with Crippen molar-refractivity contribution in [3.8, 4) is 0 Å². The van der Waals surface area contributed by atoms with Crippen molar-refractivity contribution in [3.63, 3.8) is 0 Å². The van der Waals surface area contributed by atoms with Crippen LogP contribution >= 0.6 is 0 Å². The Morgan fingerprint density at radius 3 is 3.06 bits per heavy atom. The number of aromatic amines is 1. The quantitative estimate of drug-likeness (QED) is 0.844. The van der Waals surface area contributed by atoms with Gasteiger partial charge < -0.3 is 5.32 Å². The third kappa shape index (κ3) is 3.16. The normalized spacial score (nSPS) is 10.3. The number of carbonyl (C=O) groups is 1. The van der Waals surface area contributed by atoms with Crippen LogP contribution in [0.2, 0.25) is 0 Å². The van der Waals surface area contributed by atoms with Crippen LogP contribution in [0.15, 0.2) is 30.7 Å². The second kappa shape index (κ2) is 5.95. The molecule has 5 heteroatoms. The van der Waals surface area contributed by atoms with Gasteiger partial charge in [0, 0.05) is 24.4 Å². The molecule has 0 atom stereocenters. The number of aromatic nitrogens is 3. The van der Waals surface area contributed by atoms with Crippen LogP contribution in [0, 0.1) is 0 Å². The minimum absolute atomic E-state index is 0.0159. The third-order valence-corrected chi connectivity index (χ3v) is 2.73. The summed E-state index contributed by atoms with van der Waals surface area (Å²) in [5.41, 5.74) is 2.08. The van der Waals surface area contributed by atoms with Crippen molar-refractivity contribution in [1.29, 1.82) is 0 Å². The number of nitrogens with one attached hydrogen (secondary N) is 2. The molecule has 0 fully saturated rings. The fourth-order valence-electron chi connectivity index (χ4n) is 1.69. The molecule has 1 amide bonds. The van der Waals surface area contributed by atoms with Gasteiger partial charge >= 0.3 is 0 Å². The highest BCUT2D eigenvalue weighted by molar-refractivity contribution is 5.90.